The Morgan fingerprint density at radius 1 is 1.32 bits per heavy atom. The predicted molar refractivity (Wildman–Crippen MR) is 81.7 cm³/mol. The Morgan fingerprint density at radius 3 is 2.32 bits per heavy atom. The Morgan fingerprint density at radius 2 is 1.89 bits per heavy atom. The molecule has 4 N–H and O–H groups in total. The second-order valence-electron chi connectivity index (χ2n) is 5.40. The lowest BCUT2D eigenvalue weighted by Gasteiger charge is -2.33. The number of anilines is 2. The lowest BCUT2D eigenvalue weighted by molar-refractivity contribution is 0.100. The molecular formula is C14H22ClN3O. The zero-order chi connectivity index (χ0) is 14.7. The molecule has 4 nitrogen and oxygen atoms in total. The molecule has 1 amide bonds. The molecule has 0 unspecified atom stereocenters. The largest absolute Gasteiger partial charge is 0.399 e. The van der Waals surface area contributed by atoms with Gasteiger partial charge in [-0.05, 0) is 31.9 Å². The van der Waals surface area contributed by atoms with Crippen LogP contribution in [-0.4, -0.2) is 18.5 Å². The molecule has 0 saturated carbocycles. The van der Waals surface area contributed by atoms with Gasteiger partial charge in [-0.25, -0.2) is 0 Å². The number of amides is 1. The third-order valence-electron chi connectivity index (χ3n) is 2.82. The zero-order valence-electron chi connectivity index (χ0n) is 11.9. The second-order valence-corrected chi connectivity index (χ2v) is 5.81. The highest BCUT2D eigenvalue weighted by atomic mass is 35.5. The Balaban J connectivity index is 3.40. The molecule has 19 heavy (non-hydrogen) atoms. The van der Waals surface area contributed by atoms with Gasteiger partial charge in [-0.3, -0.25) is 4.79 Å². The first-order chi connectivity index (χ1) is 8.73. The smallest absolute Gasteiger partial charge is 0.250 e. The lowest BCUT2D eigenvalue weighted by Crippen LogP contribution is -2.36. The summed E-state index contributed by atoms with van der Waals surface area (Å²) in [6.07, 6.45) is 0. The lowest BCUT2D eigenvalue weighted by atomic mass is 10.1. The van der Waals surface area contributed by atoms with Crippen LogP contribution in [0.3, 0.4) is 0 Å². The van der Waals surface area contributed by atoms with Gasteiger partial charge in [0, 0.05) is 18.3 Å². The average Bonchev–Trinajstić information content (AvgIpc) is 2.24. The first-order valence-corrected chi connectivity index (χ1v) is 6.77. The van der Waals surface area contributed by atoms with E-state index in [9.17, 15) is 4.79 Å². The van der Waals surface area contributed by atoms with E-state index in [1.807, 2.05) is 0 Å². The Kier molecular flexibility index (Phi) is 5.06. The van der Waals surface area contributed by atoms with Gasteiger partial charge in [0.15, 0.2) is 0 Å². The van der Waals surface area contributed by atoms with Crippen molar-refractivity contribution in [1.82, 2.24) is 0 Å². The molecule has 0 aromatic heterocycles. The van der Waals surface area contributed by atoms with Crippen molar-refractivity contribution in [1.29, 1.82) is 0 Å². The highest BCUT2D eigenvalue weighted by molar-refractivity contribution is 6.34. The van der Waals surface area contributed by atoms with Crippen molar-refractivity contribution < 1.29 is 4.79 Å². The fourth-order valence-corrected chi connectivity index (χ4v) is 2.39. The predicted octanol–water partition coefficient (Wildman–Crippen LogP) is 2.89. The minimum Gasteiger partial charge on any atom is -0.399 e. The number of halogens is 1. The quantitative estimate of drug-likeness (QED) is 0.816. The molecule has 0 bridgehead atoms. The normalized spacial score (nSPS) is 11.1. The van der Waals surface area contributed by atoms with Crippen LogP contribution in [0.15, 0.2) is 12.1 Å². The monoisotopic (exact) mass is 283 g/mol. The van der Waals surface area contributed by atoms with E-state index >= 15 is 0 Å². The molecular weight excluding hydrogens is 262 g/mol. The summed E-state index contributed by atoms with van der Waals surface area (Å²) < 4.78 is 0. The molecule has 0 aliphatic heterocycles. The molecule has 0 fully saturated rings. The summed E-state index contributed by atoms with van der Waals surface area (Å²) in [6, 6.07) is 3.44. The number of hydrogen-bond acceptors (Lipinski definition) is 3. The molecule has 5 heteroatoms. The summed E-state index contributed by atoms with van der Waals surface area (Å²) >= 11 is 6.27. The van der Waals surface area contributed by atoms with E-state index in [1.165, 1.54) is 0 Å². The number of nitrogens with two attached hydrogens (primary N) is 2. The minimum absolute atomic E-state index is 0.210. The van der Waals surface area contributed by atoms with E-state index < -0.39 is 5.91 Å². The van der Waals surface area contributed by atoms with Crippen LogP contribution in [0.4, 0.5) is 11.4 Å². The Labute approximate surface area is 119 Å². The third-order valence-corrected chi connectivity index (χ3v) is 3.11. The highest BCUT2D eigenvalue weighted by Crippen LogP contribution is 2.34. The van der Waals surface area contributed by atoms with Crippen LogP contribution in [0.5, 0.6) is 0 Å². The number of benzene rings is 1. The topological polar surface area (TPSA) is 72.3 Å². The maximum atomic E-state index is 11.6. The first kappa shape index (κ1) is 15.6. The number of carbonyl (C=O) groups is 1. The van der Waals surface area contributed by atoms with Gasteiger partial charge in [-0.1, -0.05) is 25.4 Å². The van der Waals surface area contributed by atoms with Gasteiger partial charge in [-0.15, -0.1) is 0 Å². The van der Waals surface area contributed by atoms with Crippen LogP contribution < -0.4 is 16.4 Å². The molecule has 106 valence electrons. The zero-order valence-corrected chi connectivity index (χ0v) is 12.7. The van der Waals surface area contributed by atoms with Gasteiger partial charge in [-0.2, -0.15) is 0 Å². The van der Waals surface area contributed by atoms with Crippen molar-refractivity contribution in [2.24, 2.45) is 11.7 Å². The summed E-state index contributed by atoms with van der Waals surface area (Å²) in [6.45, 7) is 9.14. The maximum Gasteiger partial charge on any atom is 0.250 e. The van der Waals surface area contributed by atoms with Crippen LogP contribution in [0.25, 0.3) is 0 Å². The van der Waals surface area contributed by atoms with E-state index in [1.54, 1.807) is 12.1 Å². The molecule has 0 radical (unpaired) electrons. The molecule has 0 spiro atoms. The number of carbonyl (C=O) groups excluding carboxylic acids is 1. The van der Waals surface area contributed by atoms with Crippen LogP contribution in [0.1, 0.15) is 38.1 Å². The number of rotatable bonds is 5. The maximum absolute atomic E-state index is 11.6. The van der Waals surface area contributed by atoms with E-state index in [0.717, 1.165) is 6.54 Å². The van der Waals surface area contributed by atoms with Crippen molar-refractivity contribution in [3.05, 3.63) is 22.7 Å². The van der Waals surface area contributed by atoms with Crippen molar-refractivity contribution in [2.75, 3.05) is 17.2 Å². The van der Waals surface area contributed by atoms with E-state index in [4.69, 9.17) is 23.1 Å². The molecule has 0 heterocycles. The molecule has 0 aliphatic rings. The third kappa shape index (κ3) is 3.77. The first-order valence-electron chi connectivity index (χ1n) is 6.39. The summed E-state index contributed by atoms with van der Waals surface area (Å²) in [4.78, 5) is 13.7. The number of hydrogen-bond donors (Lipinski definition) is 2. The standard InChI is InChI=1S/C14H22ClN3O/c1-8(2)7-18(9(3)4)13-11(14(17)19)5-10(16)6-12(13)15/h5-6,8-9H,7,16H2,1-4H3,(H2,17,19). The van der Waals surface area contributed by atoms with Crippen molar-refractivity contribution in [3.63, 3.8) is 0 Å². The van der Waals surface area contributed by atoms with Crippen molar-refractivity contribution in [3.8, 4) is 0 Å². The van der Waals surface area contributed by atoms with Crippen LogP contribution in [0, 0.1) is 5.92 Å². The number of nitrogen functional groups attached to an aromatic ring is 1. The number of primary amides is 1. The fraction of sp³-hybridized carbons (Fsp3) is 0.500. The summed E-state index contributed by atoms with van der Waals surface area (Å²) in [5.74, 6) is -0.0737. The Hall–Kier alpha value is -1.42. The SMILES string of the molecule is CC(C)CN(c1c(Cl)cc(N)cc1C(N)=O)C(C)C. The Bertz CT molecular complexity index is 472. The molecule has 0 saturated heterocycles. The van der Waals surface area contributed by atoms with Crippen LogP contribution in [0.2, 0.25) is 5.02 Å². The van der Waals surface area contributed by atoms with Gasteiger partial charge in [0.05, 0.1) is 16.3 Å². The van der Waals surface area contributed by atoms with Gasteiger partial charge in [0.1, 0.15) is 0 Å². The average molecular weight is 284 g/mol. The fourth-order valence-electron chi connectivity index (χ4n) is 2.05. The van der Waals surface area contributed by atoms with Crippen molar-refractivity contribution in [2.45, 2.75) is 33.7 Å². The van der Waals surface area contributed by atoms with Gasteiger partial charge in [0.2, 0.25) is 0 Å². The molecule has 1 aromatic carbocycles. The molecule has 0 aliphatic carbocycles. The molecule has 1 rings (SSSR count). The van der Waals surface area contributed by atoms with Gasteiger partial charge in [0.25, 0.3) is 5.91 Å². The van der Waals surface area contributed by atoms with E-state index in [-0.39, 0.29) is 6.04 Å². The summed E-state index contributed by atoms with van der Waals surface area (Å²) in [7, 11) is 0. The van der Waals surface area contributed by atoms with Crippen molar-refractivity contribution >= 4 is 28.9 Å². The van der Waals surface area contributed by atoms with Crippen LogP contribution in [-0.2, 0) is 0 Å². The second kappa shape index (κ2) is 6.15. The summed E-state index contributed by atoms with van der Waals surface area (Å²) in [5.41, 5.74) is 12.7. The van der Waals surface area contributed by atoms with Gasteiger partial charge >= 0.3 is 0 Å². The van der Waals surface area contributed by atoms with Crippen LogP contribution >= 0.6 is 11.6 Å². The highest BCUT2D eigenvalue weighted by Gasteiger charge is 2.22. The minimum atomic E-state index is -0.515. The number of nitrogens with zero attached hydrogens (tertiary/aromatic N) is 1. The summed E-state index contributed by atoms with van der Waals surface area (Å²) in [5, 5.41) is 0.461. The molecule has 1 aromatic rings. The van der Waals surface area contributed by atoms with Gasteiger partial charge < -0.3 is 16.4 Å². The van der Waals surface area contributed by atoms with E-state index in [0.29, 0.717) is 27.9 Å². The molecule has 0 atom stereocenters. The van der Waals surface area contributed by atoms with E-state index in [2.05, 4.69) is 32.6 Å².